The van der Waals surface area contributed by atoms with Crippen molar-refractivity contribution in [1.29, 1.82) is 0 Å². The van der Waals surface area contributed by atoms with Crippen LogP contribution in [0.5, 0.6) is 0 Å². The average Bonchev–Trinajstić information content (AvgIpc) is 2.58. The van der Waals surface area contributed by atoms with Crippen LogP contribution in [0, 0.1) is 0 Å². The van der Waals surface area contributed by atoms with Gasteiger partial charge in [-0.3, -0.25) is 14.8 Å². The molecule has 0 atom stereocenters. The van der Waals surface area contributed by atoms with Crippen molar-refractivity contribution in [3.05, 3.63) is 48.3 Å². The molecule has 1 aliphatic rings. The van der Waals surface area contributed by atoms with E-state index in [1.54, 1.807) is 18.5 Å². The van der Waals surface area contributed by atoms with E-state index in [9.17, 15) is 4.79 Å². The Morgan fingerprint density at radius 1 is 1.05 bits per heavy atom. The van der Waals surface area contributed by atoms with Gasteiger partial charge in [0.05, 0.1) is 17.0 Å². The summed E-state index contributed by atoms with van der Waals surface area (Å²) >= 11 is 0. The minimum absolute atomic E-state index is 0.0689. The molecule has 0 radical (unpaired) electrons. The highest BCUT2D eigenvalue weighted by Gasteiger charge is 2.20. The Hall–Kier alpha value is -2.27. The van der Waals surface area contributed by atoms with Crippen molar-refractivity contribution in [3.8, 4) is 11.4 Å². The van der Waals surface area contributed by atoms with E-state index < -0.39 is 0 Å². The lowest BCUT2D eigenvalue weighted by Gasteiger charge is -2.26. The van der Waals surface area contributed by atoms with Crippen LogP contribution in [0.3, 0.4) is 0 Å². The van der Waals surface area contributed by atoms with E-state index >= 15 is 0 Å². The van der Waals surface area contributed by atoms with Gasteiger partial charge in [-0.1, -0.05) is 6.07 Å². The molecule has 5 nitrogen and oxygen atoms in total. The second-order valence-corrected chi connectivity index (χ2v) is 5.73. The Morgan fingerprint density at radius 3 is 2.45 bits per heavy atom. The van der Waals surface area contributed by atoms with Gasteiger partial charge in [0, 0.05) is 24.5 Å². The number of carbonyl (C=O) groups is 1. The lowest BCUT2D eigenvalue weighted by atomic mass is 9.91. The van der Waals surface area contributed by atoms with Gasteiger partial charge in [0.15, 0.2) is 0 Å². The minimum Gasteiger partial charge on any atom is -0.349 e. The molecule has 0 spiro atoms. The van der Waals surface area contributed by atoms with E-state index in [1.165, 1.54) is 0 Å². The van der Waals surface area contributed by atoms with Gasteiger partial charge in [-0.05, 0) is 49.9 Å². The summed E-state index contributed by atoms with van der Waals surface area (Å²) in [5.74, 6) is -0.0689. The fraction of sp³-hybridized carbons (Fsp3) is 0.353. The number of amides is 1. The summed E-state index contributed by atoms with van der Waals surface area (Å²) in [7, 11) is 0. The highest BCUT2D eigenvalue weighted by Crippen LogP contribution is 2.18. The quantitative estimate of drug-likeness (QED) is 0.909. The number of carbonyl (C=O) groups excluding carboxylic acids is 1. The molecule has 0 unspecified atom stereocenters. The van der Waals surface area contributed by atoms with Gasteiger partial charge in [-0.15, -0.1) is 0 Å². The first kappa shape index (κ1) is 14.7. The molecule has 3 N–H and O–H groups in total. The van der Waals surface area contributed by atoms with E-state index in [-0.39, 0.29) is 18.0 Å². The fourth-order valence-electron chi connectivity index (χ4n) is 2.73. The molecule has 22 heavy (non-hydrogen) atoms. The molecular formula is C17H20N4O. The van der Waals surface area contributed by atoms with Crippen LogP contribution in [0.2, 0.25) is 0 Å². The molecule has 1 fully saturated rings. The van der Waals surface area contributed by atoms with Crippen LogP contribution < -0.4 is 11.1 Å². The Labute approximate surface area is 130 Å². The Balaban J connectivity index is 1.64. The number of hydrogen-bond donors (Lipinski definition) is 2. The Kier molecular flexibility index (Phi) is 4.44. The largest absolute Gasteiger partial charge is 0.349 e. The number of pyridine rings is 2. The van der Waals surface area contributed by atoms with Crippen molar-refractivity contribution in [2.45, 2.75) is 37.8 Å². The van der Waals surface area contributed by atoms with Crippen LogP contribution in [0.25, 0.3) is 11.4 Å². The predicted molar refractivity (Wildman–Crippen MR) is 85.2 cm³/mol. The van der Waals surface area contributed by atoms with Crippen molar-refractivity contribution < 1.29 is 4.79 Å². The molecule has 5 heteroatoms. The Morgan fingerprint density at radius 2 is 1.82 bits per heavy atom. The van der Waals surface area contributed by atoms with Gasteiger partial charge in [0.2, 0.25) is 0 Å². The van der Waals surface area contributed by atoms with Crippen LogP contribution >= 0.6 is 0 Å². The molecule has 0 saturated heterocycles. The molecule has 1 amide bonds. The smallest absolute Gasteiger partial charge is 0.253 e. The van der Waals surface area contributed by atoms with Gasteiger partial charge in [0.25, 0.3) is 5.91 Å². The molecule has 114 valence electrons. The minimum atomic E-state index is -0.0689. The topological polar surface area (TPSA) is 80.9 Å². The van der Waals surface area contributed by atoms with Crippen molar-refractivity contribution in [3.63, 3.8) is 0 Å². The lowest BCUT2D eigenvalue weighted by Crippen LogP contribution is -2.40. The van der Waals surface area contributed by atoms with Crippen LogP contribution in [0.1, 0.15) is 36.0 Å². The SMILES string of the molecule is NC1CCC(NC(=O)c2ccc(-c3ccccn3)nc2)CC1. The second-order valence-electron chi connectivity index (χ2n) is 5.73. The summed E-state index contributed by atoms with van der Waals surface area (Å²) in [5, 5.41) is 3.06. The number of nitrogens with one attached hydrogen (secondary N) is 1. The number of nitrogens with zero attached hydrogens (tertiary/aromatic N) is 2. The average molecular weight is 296 g/mol. The van der Waals surface area contributed by atoms with Gasteiger partial charge >= 0.3 is 0 Å². The van der Waals surface area contributed by atoms with E-state index in [0.29, 0.717) is 5.56 Å². The molecule has 0 bridgehead atoms. The normalized spacial score (nSPS) is 21.3. The third-order valence-corrected chi connectivity index (χ3v) is 4.06. The highest BCUT2D eigenvalue weighted by molar-refractivity contribution is 5.94. The summed E-state index contributed by atoms with van der Waals surface area (Å²) in [5.41, 5.74) is 8.03. The standard InChI is InChI=1S/C17H20N4O/c18-13-5-7-14(8-6-13)21-17(22)12-4-9-16(20-11-12)15-3-1-2-10-19-15/h1-4,9-11,13-14H,5-8,18H2,(H,21,22). The molecule has 0 aromatic carbocycles. The summed E-state index contributed by atoms with van der Waals surface area (Å²) in [4.78, 5) is 20.8. The summed E-state index contributed by atoms with van der Waals surface area (Å²) < 4.78 is 0. The summed E-state index contributed by atoms with van der Waals surface area (Å²) in [6.07, 6.45) is 7.18. The van der Waals surface area contributed by atoms with Crippen LogP contribution in [-0.4, -0.2) is 28.0 Å². The molecule has 1 saturated carbocycles. The maximum atomic E-state index is 12.2. The lowest BCUT2D eigenvalue weighted by molar-refractivity contribution is 0.0925. The monoisotopic (exact) mass is 296 g/mol. The van der Waals surface area contributed by atoms with Crippen LogP contribution in [0.4, 0.5) is 0 Å². The van der Waals surface area contributed by atoms with Crippen molar-refractivity contribution in [2.24, 2.45) is 5.73 Å². The first-order valence-electron chi connectivity index (χ1n) is 7.66. The van der Waals surface area contributed by atoms with Crippen LogP contribution in [-0.2, 0) is 0 Å². The van der Waals surface area contributed by atoms with Crippen molar-refractivity contribution in [1.82, 2.24) is 15.3 Å². The van der Waals surface area contributed by atoms with Crippen molar-refractivity contribution >= 4 is 5.91 Å². The number of hydrogen-bond acceptors (Lipinski definition) is 4. The van der Waals surface area contributed by atoms with Gasteiger partial charge < -0.3 is 11.1 Å². The van der Waals surface area contributed by atoms with E-state index in [2.05, 4.69) is 15.3 Å². The molecule has 3 rings (SSSR count). The fourth-order valence-corrected chi connectivity index (χ4v) is 2.73. The Bertz CT molecular complexity index is 619. The van der Waals surface area contributed by atoms with Gasteiger partial charge in [-0.25, -0.2) is 0 Å². The van der Waals surface area contributed by atoms with Crippen LogP contribution in [0.15, 0.2) is 42.7 Å². The zero-order valence-corrected chi connectivity index (χ0v) is 12.4. The molecule has 2 aromatic rings. The zero-order valence-electron chi connectivity index (χ0n) is 12.4. The summed E-state index contributed by atoms with van der Waals surface area (Å²) in [6.45, 7) is 0. The van der Waals surface area contributed by atoms with E-state index in [1.807, 2.05) is 24.3 Å². The van der Waals surface area contributed by atoms with E-state index in [0.717, 1.165) is 37.1 Å². The predicted octanol–water partition coefficient (Wildman–Crippen LogP) is 2.14. The first-order valence-corrected chi connectivity index (χ1v) is 7.66. The number of nitrogens with two attached hydrogens (primary N) is 1. The molecule has 2 heterocycles. The van der Waals surface area contributed by atoms with Gasteiger partial charge in [0.1, 0.15) is 0 Å². The third kappa shape index (κ3) is 3.49. The maximum absolute atomic E-state index is 12.2. The molecule has 2 aromatic heterocycles. The first-order chi connectivity index (χ1) is 10.7. The van der Waals surface area contributed by atoms with Crippen molar-refractivity contribution in [2.75, 3.05) is 0 Å². The number of rotatable bonds is 3. The zero-order chi connectivity index (χ0) is 15.4. The third-order valence-electron chi connectivity index (χ3n) is 4.06. The van der Waals surface area contributed by atoms with Gasteiger partial charge in [-0.2, -0.15) is 0 Å². The number of aromatic nitrogens is 2. The maximum Gasteiger partial charge on any atom is 0.253 e. The molecule has 1 aliphatic carbocycles. The molecule has 0 aliphatic heterocycles. The second kappa shape index (κ2) is 6.66. The molecular weight excluding hydrogens is 276 g/mol. The van der Waals surface area contributed by atoms with E-state index in [4.69, 9.17) is 5.73 Å². The summed E-state index contributed by atoms with van der Waals surface area (Å²) in [6, 6.07) is 9.80. The highest BCUT2D eigenvalue weighted by atomic mass is 16.1.